The Morgan fingerprint density at radius 2 is 2.13 bits per heavy atom. The number of anilines is 2. The Kier molecular flexibility index (Phi) is 4.42. The molecule has 4 nitrogen and oxygen atoms in total. The van der Waals surface area contributed by atoms with E-state index in [1.807, 2.05) is 0 Å². The van der Waals surface area contributed by atoms with Gasteiger partial charge in [0.05, 0.1) is 6.61 Å². The topological polar surface area (TPSA) is 51.5 Å². The van der Waals surface area contributed by atoms with Gasteiger partial charge in [0.25, 0.3) is 0 Å². The van der Waals surface area contributed by atoms with Gasteiger partial charge in [0.1, 0.15) is 0 Å². The molecule has 1 aliphatic carbocycles. The molecule has 2 aromatic rings. The summed E-state index contributed by atoms with van der Waals surface area (Å²) in [5.74, 6) is 0.388. The normalized spacial score (nSPS) is 13.0. The number of nitrogens with one attached hydrogen (secondary N) is 1. The maximum Gasteiger partial charge on any atom is 0.374 e. The molecule has 3 rings (SSSR count). The van der Waals surface area contributed by atoms with Crippen molar-refractivity contribution in [3.63, 3.8) is 0 Å². The van der Waals surface area contributed by atoms with E-state index in [0.29, 0.717) is 12.5 Å². The average Bonchev–Trinajstić information content (AvgIpc) is 3.19. The minimum atomic E-state index is -0.426. The van der Waals surface area contributed by atoms with Crippen LogP contribution in [0.5, 0.6) is 0 Å². The van der Waals surface area contributed by atoms with Crippen molar-refractivity contribution in [1.29, 1.82) is 0 Å². The molecule has 0 fully saturated rings. The first kappa shape index (κ1) is 15.7. The van der Waals surface area contributed by atoms with E-state index in [2.05, 4.69) is 25.2 Å². The summed E-state index contributed by atoms with van der Waals surface area (Å²) in [6.45, 7) is 6.45. The van der Waals surface area contributed by atoms with Gasteiger partial charge in [-0.25, -0.2) is 4.79 Å². The van der Waals surface area contributed by atoms with Crippen LogP contribution in [0.15, 0.2) is 22.6 Å². The highest BCUT2D eigenvalue weighted by molar-refractivity contribution is 5.87. The van der Waals surface area contributed by atoms with Crippen molar-refractivity contribution in [1.82, 2.24) is 0 Å². The van der Waals surface area contributed by atoms with Gasteiger partial charge in [0, 0.05) is 11.8 Å². The van der Waals surface area contributed by atoms with Crippen molar-refractivity contribution in [3.05, 3.63) is 46.2 Å². The lowest BCUT2D eigenvalue weighted by atomic mass is 9.96. The number of hydrogen-bond donors (Lipinski definition) is 1. The SMILES string of the molecule is CCOC(=O)c1ccc(Nc2c(C)c(CC)cc3c2CCC3)o1. The molecule has 0 radical (unpaired) electrons. The molecule has 4 heteroatoms. The van der Waals surface area contributed by atoms with E-state index >= 15 is 0 Å². The third-order valence-corrected chi connectivity index (χ3v) is 4.48. The maximum atomic E-state index is 11.7. The molecule has 0 saturated carbocycles. The highest BCUT2D eigenvalue weighted by Gasteiger charge is 2.20. The summed E-state index contributed by atoms with van der Waals surface area (Å²) in [6.07, 6.45) is 4.44. The molecule has 0 atom stereocenters. The summed E-state index contributed by atoms with van der Waals surface area (Å²) in [7, 11) is 0. The molecule has 1 N–H and O–H groups in total. The van der Waals surface area contributed by atoms with Crippen LogP contribution >= 0.6 is 0 Å². The molecule has 0 unspecified atom stereocenters. The van der Waals surface area contributed by atoms with Gasteiger partial charge in [0.2, 0.25) is 5.76 Å². The molecule has 122 valence electrons. The van der Waals surface area contributed by atoms with Crippen LogP contribution in [0.2, 0.25) is 0 Å². The Bertz CT molecular complexity index is 730. The number of carbonyl (C=O) groups excluding carboxylic acids is 1. The van der Waals surface area contributed by atoms with E-state index < -0.39 is 5.97 Å². The third-order valence-electron chi connectivity index (χ3n) is 4.48. The first-order valence-corrected chi connectivity index (χ1v) is 8.32. The second-order valence-electron chi connectivity index (χ2n) is 5.89. The second kappa shape index (κ2) is 6.49. The standard InChI is InChI=1S/C19H23NO3/c1-4-13-11-14-7-6-8-15(14)18(12(13)3)20-17-10-9-16(23-17)19(21)22-5-2/h9-11,20H,4-8H2,1-3H3. The zero-order valence-corrected chi connectivity index (χ0v) is 14.0. The van der Waals surface area contributed by atoms with Crippen LogP contribution in [-0.4, -0.2) is 12.6 Å². The van der Waals surface area contributed by atoms with E-state index in [9.17, 15) is 4.79 Å². The van der Waals surface area contributed by atoms with Crippen molar-refractivity contribution in [2.75, 3.05) is 11.9 Å². The van der Waals surface area contributed by atoms with Crippen LogP contribution in [0, 0.1) is 6.92 Å². The van der Waals surface area contributed by atoms with Crippen LogP contribution in [-0.2, 0) is 24.0 Å². The summed E-state index contributed by atoms with van der Waals surface area (Å²) in [4.78, 5) is 11.7. The number of aryl methyl sites for hydroxylation is 2. The van der Waals surface area contributed by atoms with Crippen molar-refractivity contribution < 1.29 is 13.9 Å². The largest absolute Gasteiger partial charge is 0.460 e. The maximum absolute atomic E-state index is 11.7. The van der Waals surface area contributed by atoms with E-state index in [1.165, 1.54) is 28.7 Å². The van der Waals surface area contributed by atoms with Crippen molar-refractivity contribution in [3.8, 4) is 0 Å². The molecule has 1 aromatic heterocycles. The van der Waals surface area contributed by atoms with Crippen LogP contribution < -0.4 is 5.32 Å². The Morgan fingerprint density at radius 1 is 1.30 bits per heavy atom. The number of esters is 1. The average molecular weight is 313 g/mol. The smallest absolute Gasteiger partial charge is 0.374 e. The summed E-state index contributed by atoms with van der Waals surface area (Å²) in [6, 6.07) is 5.78. The Balaban J connectivity index is 1.91. The number of fused-ring (bicyclic) bond motifs is 1. The first-order valence-electron chi connectivity index (χ1n) is 8.32. The lowest BCUT2D eigenvalue weighted by Crippen LogP contribution is -2.03. The molecule has 0 aliphatic heterocycles. The van der Waals surface area contributed by atoms with Gasteiger partial charge in [-0.1, -0.05) is 13.0 Å². The summed E-state index contributed by atoms with van der Waals surface area (Å²) >= 11 is 0. The van der Waals surface area contributed by atoms with E-state index in [1.54, 1.807) is 19.1 Å². The van der Waals surface area contributed by atoms with Crippen molar-refractivity contribution >= 4 is 17.5 Å². The highest BCUT2D eigenvalue weighted by Crippen LogP contribution is 2.36. The van der Waals surface area contributed by atoms with Gasteiger partial charge in [-0.15, -0.1) is 0 Å². The van der Waals surface area contributed by atoms with Crippen LogP contribution in [0.1, 0.15) is 53.1 Å². The van der Waals surface area contributed by atoms with Crippen LogP contribution in [0.4, 0.5) is 11.6 Å². The molecule has 1 aliphatic rings. The van der Waals surface area contributed by atoms with Crippen molar-refractivity contribution in [2.45, 2.75) is 46.5 Å². The van der Waals surface area contributed by atoms with E-state index in [0.717, 1.165) is 24.9 Å². The fourth-order valence-corrected chi connectivity index (χ4v) is 3.29. The summed E-state index contributed by atoms with van der Waals surface area (Å²) in [5, 5.41) is 3.39. The number of rotatable bonds is 5. The fourth-order valence-electron chi connectivity index (χ4n) is 3.29. The van der Waals surface area contributed by atoms with Gasteiger partial charge < -0.3 is 14.5 Å². The minimum absolute atomic E-state index is 0.232. The van der Waals surface area contributed by atoms with Gasteiger partial charge in [-0.05, 0) is 67.9 Å². The molecule has 1 heterocycles. The highest BCUT2D eigenvalue weighted by atomic mass is 16.5. The molecule has 0 saturated heterocycles. The molecular formula is C19H23NO3. The fraction of sp³-hybridized carbons (Fsp3) is 0.421. The minimum Gasteiger partial charge on any atom is -0.460 e. The van der Waals surface area contributed by atoms with Crippen LogP contribution in [0.25, 0.3) is 0 Å². The predicted molar refractivity (Wildman–Crippen MR) is 90.5 cm³/mol. The van der Waals surface area contributed by atoms with E-state index in [4.69, 9.17) is 9.15 Å². The first-order chi connectivity index (χ1) is 11.1. The van der Waals surface area contributed by atoms with Gasteiger partial charge in [0.15, 0.2) is 5.88 Å². The summed E-state index contributed by atoms with van der Waals surface area (Å²) in [5.41, 5.74) is 6.59. The van der Waals surface area contributed by atoms with Gasteiger partial charge >= 0.3 is 5.97 Å². The molecule has 0 amide bonds. The Labute approximate surface area is 136 Å². The second-order valence-corrected chi connectivity index (χ2v) is 5.89. The zero-order chi connectivity index (χ0) is 16.4. The van der Waals surface area contributed by atoms with Gasteiger partial charge in [-0.2, -0.15) is 0 Å². The number of hydrogen-bond acceptors (Lipinski definition) is 4. The Morgan fingerprint density at radius 3 is 2.87 bits per heavy atom. The number of carbonyl (C=O) groups is 1. The molecule has 23 heavy (non-hydrogen) atoms. The molecule has 1 aromatic carbocycles. The van der Waals surface area contributed by atoms with E-state index in [-0.39, 0.29) is 5.76 Å². The molecule has 0 bridgehead atoms. The number of benzene rings is 1. The molecular weight excluding hydrogens is 290 g/mol. The lowest BCUT2D eigenvalue weighted by molar-refractivity contribution is 0.0491. The van der Waals surface area contributed by atoms with Crippen LogP contribution in [0.3, 0.4) is 0 Å². The number of ether oxygens (including phenoxy) is 1. The number of furan rings is 1. The monoisotopic (exact) mass is 313 g/mol. The molecule has 0 spiro atoms. The van der Waals surface area contributed by atoms with Gasteiger partial charge in [-0.3, -0.25) is 0 Å². The summed E-state index contributed by atoms with van der Waals surface area (Å²) < 4.78 is 10.6. The van der Waals surface area contributed by atoms with Crippen molar-refractivity contribution in [2.24, 2.45) is 0 Å². The quantitative estimate of drug-likeness (QED) is 0.822. The third kappa shape index (κ3) is 2.98. The lowest BCUT2D eigenvalue weighted by Gasteiger charge is -2.16. The zero-order valence-electron chi connectivity index (χ0n) is 14.0. The predicted octanol–water partition coefficient (Wildman–Crippen LogP) is 4.56. The Hall–Kier alpha value is -2.23.